The van der Waals surface area contributed by atoms with Gasteiger partial charge in [-0.3, -0.25) is 4.79 Å². The highest BCUT2D eigenvalue weighted by atomic mass is 32.1. The van der Waals surface area contributed by atoms with Crippen molar-refractivity contribution in [2.45, 2.75) is 20.1 Å². The predicted octanol–water partition coefficient (Wildman–Crippen LogP) is 3.38. The zero-order chi connectivity index (χ0) is 20.5. The summed E-state index contributed by atoms with van der Waals surface area (Å²) < 4.78 is 16.0. The number of aromatic nitrogens is 2. The van der Waals surface area contributed by atoms with Crippen LogP contribution in [-0.2, 0) is 17.9 Å². The van der Waals surface area contributed by atoms with Gasteiger partial charge in [0.05, 0.1) is 17.3 Å². The number of aryl methyl sites for hydroxylation is 1. The summed E-state index contributed by atoms with van der Waals surface area (Å²) in [5.74, 6) is 1.06. The molecule has 152 valence electrons. The molecule has 1 N–H and O–H groups in total. The molecule has 0 aliphatic rings. The first kappa shape index (κ1) is 20.8. The number of nitrogens with one attached hydrogen (secondary N) is 1. The van der Waals surface area contributed by atoms with Crippen LogP contribution in [-0.4, -0.2) is 36.2 Å². The summed E-state index contributed by atoms with van der Waals surface area (Å²) in [5, 5.41) is 5.87. The van der Waals surface area contributed by atoms with E-state index in [1.807, 2.05) is 18.4 Å². The van der Waals surface area contributed by atoms with Gasteiger partial charge in [-0.2, -0.15) is 0 Å². The maximum atomic E-state index is 12.3. The molecular weight excluding hydrogens is 390 g/mol. The molecule has 0 fully saturated rings. The Morgan fingerprint density at radius 1 is 1.10 bits per heavy atom. The fraction of sp³-hybridized carbons (Fsp3) is 0.286. The summed E-state index contributed by atoms with van der Waals surface area (Å²) in [7, 11) is 1.62. The van der Waals surface area contributed by atoms with Gasteiger partial charge in [-0.05, 0) is 36.8 Å². The van der Waals surface area contributed by atoms with Gasteiger partial charge in [0, 0.05) is 36.9 Å². The summed E-state index contributed by atoms with van der Waals surface area (Å²) in [6.45, 7) is 3.71. The molecular formula is C21H23N3O4S. The molecule has 7 nitrogen and oxygen atoms in total. The Hall–Kier alpha value is -2.97. The number of carbonyl (C=O) groups is 1. The van der Waals surface area contributed by atoms with Crippen molar-refractivity contribution in [3.8, 4) is 11.6 Å². The molecule has 29 heavy (non-hydrogen) atoms. The molecule has 0 saturated heterocycles. The number of pyridine rings is 1. The van der Waals surface area contributed by atoms with E-state index in [0.717, 1.165) is 16.3 Å². The first-order valence-electron chi connectivity index (χ1n) is 9.13. The third kappa shape index (κ3) is 6.55. The number of benzene rings is 1. The Bertz CT molecular complexity index is 910. The molecule has 1 amide bonds. The third-order valence-corrected chi connectivity index (χ3v) is 4.78. The van der Waals surface area contributed by atoms with Gasteiger partial charge in [0.2, 0.25) is 5.88 Å². The fourth-order valence-corrected chi connectivity index (χ4v) is 3.05. The highest BCUT2D eigenvalue weighted by Crippen LogP contribution is 2.16. The van der Waals surface area contributed by atoms with Crippen molar-refractivity contribution in [3.05, 3.63) is 69.8 Å². The van der Waals surface area contributed by atoms with Crippen LogP contribution in [0, 0.1) is 6.92 Å². The van der Waals surface area contributed by atoms with Crippen LogP contribution in [0.3, 0.4) is 0 Å². The van der Waals surface area contributed by atoms with Crippen LogP contribution in [0.15, 0.2) is 48.0 Å². The Morgan fingerprint density at radius 2 is 1.93 bits per heavy atom. The molecule has 1 aromatic carbocycles. The second-order valence-electron chi connectivity index (χ2n) is 6.20. The summed E-state index contributed by atoms with van der Waals surface area (Å²) in [6, 6.07) is 10.7. The number of ether oxygens (including phenoxy) is 3. The van der Waals surface area contributed by atoms with Crippen molar-refractivity contribution in [1.82, 2.24) is 15.3 Å². The van der Waals surface area contributed by atoms with Crippen LogP contribution in [0.2, 0.25) is 0 Å². The Balaban J connectivity index is 1.45. The van der Waals surface area contributed by atoms with Gasteiger partial charge in [-0.1, -0.05) is 6.07 Å². The van der Waals surface area contributed by atoms with Gasteiger partial charge in [-0.15, -0.1) is 11.3 Å². The molecule has 0 spiro atoms. The monoisotopic (exact) mass is 413 g/mol. The highest BCUT2D eigenvalue weighted by molar-refractivity contribution is 7.09. The van der Waals surface area contributed by atoms with E-state index >= 15 is 0 Å². The van der Waals surface area contributed by atoms with Crippen LogP contribution in [0.25, 0.3) is 0 Å². The predicted molar refractivity (Wildman–Crippen MR) is 110 cm³/mol. The number of hydrogen-bond acceptors (Lipinski definition) is 7. The van der Waals surface area contributed by atoms with E-state index in [0.29, 0.717) is 43.6 Å². The summed E-state index contributed by atoms with van der Waals surface area (Å²) in [4.78, 5) is 20.9. The van der Waals surface area contributed by atoms with Crippen LogP contribution in [0.5, 0.6) is 11.6 Å². The van der Waals surface area contributed by atoms with Crippen molar-refractivity contribution in [3.63, 3.8) is 0 Å². The minimum absolute atomic E-state index is 0.160. The molecule has 8 heteroatoms. The Morgan fingerprint density at radius 3 is 2.59 bits per heavy atom. The molecule has 0 saturated carbocycles. The van der Waals surface area contributed by atoms with E-state index < -0.39 is 0 Å². The normalized spacial score (nSPS) is 10.6. The van der Waals surface area contributed by atoms with E-state index in [9.17, 15) is 4.79 Å². The van der Waals surface area contributed by atoms with E-state index in [-0.39, 0.29) is 5.91 Å². The number of methoxy groups -OCH3 is 1. The minimum Gasteiger partial charge on any atom is -0.487 e. The van der Waals surface area contributed by atoms with E-state index in [2.05, 4.69) is 15.3 Å². The second-order valence-corrected chi connectivity index (χ2v) is 7.26. The zero-order valence-corrected chi connectivity index (χ0v) is 17.2. The average molecular weight is 413 g/mol. The van der Waals surface area contributed by atoms with Gasteiger partial charge in [0.25, 0.3) is 5.91 Å². The smallest absolute Gasteiger partial charge is 0.251 e. The van der Waals surface area contributed by atoms with Gasteiger partial charge in [0.1, 0.15) is 19.0 Å². The molecule has 3 aromatic rings. The molecule has 0 atom stereocenters. The zero-order valence-electron chi connectivity index (χ0n) is 16.4. The fourth-order valence-electron chi connectivity index (χ4n) is 2.45. The molecule has 2 heterocycles. The number of carbonyl (C=O) groups excluding carboxylic acids is 1. The molecule has 0 aliphatic carbocycles. The molecule has 0 radical (unpaired) electrons. The van der Waals surface area contributed by atoms with Crippen molar-refractivity contribution >= 4 is 17.2 Å². The lowest BCUT2D eigenvalue weighted by Gasteiger charge is -2.08. The van der Waals surface area contributed by atoms with Crippen LogP contribution in [0.1, 0.15) is 26.6 Å². The number of nitrogens with zero attached hydrogens (tertiary/aromatic N) is 2. The van der Waals surface area contributed by atoms with Gasteiger partial charge < -0.3 is 19.5 Å². The lowest BCUT2D eigenvalue weighted by Crippen LogP contribution is -2.22. The second kappa shape index (κ2) is 10.5. The quantitative estimate of drug-likeness (QED) is 0.513. The maximum Gasteiger partial charge on any atom is 0.251 e. The highest BCUT2D eigenvalue weighted by Gasteiger charge is 2.07. The van der Waals surface area contributed by atoms with Gasteiger partial charge in [0.15, 0.2) is 0 Å². The minimum atomic E-state index is -0.160. The van der Waals surface area contributed by atoms with Gasteiger partial charge >= 0.3 is 0 Å². The topological polar surface area (TPSA) is 82.6 Å². The number of hydrogen-bond donors (Lipinski definition) is 1. The standard InChI is InChI=1S/C21H23N3O4S/c1-15-24-18(14-29-15)13-28-19-6-4-17(5-7-19)21(25)23-12-16-3-8-20(22-11-16)27-10-9-26-2/h3-8,11,14H,9-10,12-13H2,1-2H3,(H,23,25). The van der Waals surface area contributed by atoms with E-state index in [4.69, 9.17) is 14.2 Å². The SMILES string of the molecule is COCCOc1ccc(CNC(=O)c2ccc(OCc3csc(C)n3)cc2)cn1. The summed E-state index contributed by atoms with van der Waals surface area (Å²) in [6.07, 6.45) is 1.68. The van der Waals surface area contributed by atoms with Gasteiger partial charge in [-0.25, -0.2) is 9.97 Å². The molecule has 3 rings (SSSR count). The maximum absolute atomic E-state index is 12.3. The molecule has 2 aromatic heterocycles. The van der Waals surface area contributed by atoms with Crippen molar-refractivity contribution in [2.75, 3.05) is 20.3 Å². The largest absolute Gasteiger partial charge is 0.487 e. The van der Waals surface area contributed by atoms with Crippen molar-refractivity contribution in [2.24, 2.45) is 0 Å². The number of rotatable bonds is 10. The van der Waals surface area contributed by atoms with E-state index in [1.54, 1.807) is 55.0 Å². The molecule has 0 bridgehead atoms. The van der Waals surface area contributed by atoms with Crippen LogP contribution in [0.4, 0.5) is 0 Å². The summed E-state index contributed by atoms with van der Waals surface area (Å²) in [5.41, 5.74) is 2.35. The molecule has 0 unspecified atom stereocenters. The summed E-state index contributed by atoms with van der Waals surface area (Å²) >= 11 is 1.59. The lowest BCUT2D eigenvalue weighted by atomic mass is 10.2. The van der Waals surface area contributed by atoms with Crippen molar-refractivity contribution in [1.29, 1.82) is 0 Å². The molecule has 0 aliphatic heterocycles. The lowest BCUT2D eigenvalue weighted by molar-refractivity contribution is 0.0951. The Labute approximate surface area is 173 Å². The van der Waals surface area contributed by atoms with Crippen LogP contribution >= 0.6 is 11.3 Å². The first-order chi connectivity index (χ1) is 14.1. The first-order valence-corrected chi connectivity index (χ1v) is 10.0. The van der Waals surface area contributed by atoms with Crippen LogP contribution < -0.4 is 14.8 Å². The average Bonchev–Trinajstić information content (AvgIpc) is 3.17. The third-order valence-electron chi connectivity index (χ3n) is 3.96. The Kier molecular flexibility index (Phi) is 7.54. The van der Waals surface area contributed by atoms with Crippen molar-refractivity contribution < 1.29 is 19.0 Å². The van der Waals surface area contributed by atoms with E-state index in [1.165, 1.54) is 0 Å². The number of thiazole rings is 1. The number of amides is 1.